The number of fused-ring (bicyclic) bond motifs is 1. The molecule has 2 aromatic rings. The average Bonchev–Trinajstić information content (AvgIpc) is 3.47. The first kappa shape index (κ1) is 18.3. The second kappa shape index (κ2) is 7.93. The first-order chi connectivity index (χ1) is 14.3. The normalized spacial score (nSPS) is 28.9. The number of tetrazole rings is 1. The van der Waals surface area contributed by atoms with E-state index in [9.17, 15) is 4.79 Å². The van der Waals surface area contributed by atoms with Crippen LogP contribution >= 0.6 is 0 Å². The van der Waals surface area contributed by atoms with Gasteiger partial charge in [-0.25, -0.2) is 4.79 Å². The van der Waals surface area contributed by atoms with E-state index in [1.54, 1.807) is 9.58 Å². The summed E-state index contributed by atoms with van der Waals surface area (Å²) in [6, 6.07) is 9.00. The molecule has 4 unspecified atom stereocenters. The van der Waals surface area contributed by atoms with Crippen LogP contribution in [0.15, 0.2) is 30.3 Å². The molecule has 4 heterocycles. The van der Waals surface area contributed by atoms with E-state index in [-0.39, 0.29) is 36.3 Å². The Kier molecular flexibility index (Phi) is 5.00. The standard InChI is InChI=1S/C18H22N6O5/c25-17(23-6-8-26-9-7-23)19-13-10-27-16-14(11-28-15(13)16)24-18(20-21-22-24)29-12-4-2-1-3-5-12/h1-5,13-16H,6-11H2,(H,19,25). The van der Waals surface area contributed by atoms with Gasteiger partial charge in [0.1, 0.15) is 24.0 Å². The number of morpholine rings is 1. The van der Waals surface area contributed by atoms with Crippen molar-refractivity contribution in [1.82, 2.24) is 30.4 Å². The van der Waals surface area contributed by atoms with Gasteiger partial charge in [-0.15, -0.1) is 0 Å². The number of hydrogen-bond donors (Lipinski definition) is 1. The maximum Gasteiger partial charge on any atom is 0.341 e. The zero-order chi connectivity index (χ0) is 19.6. The van der Waals surface area contributed by atoms with Crippen molar-refractivity contribution in [2.45, 2.75) is 24.3 Å². The van der Waals surface area contributed by atoms with Crippen molar-refractivity contribution >= 4 is 6.03 Å². The largest absolute Gasteiger partial charge is 0.423 e. The van der Waals surface area contributed by atoms with Gasteiger partial charge in [-0.2, -0.15) is 4.68 Å². The maximum absolute atomic E-state index is 12.5. The Labute approximate surface area is 166 Å². The molecule has 11 nitrogen and oxygen atoms in total. The van der Waals surface area contributed by atoms with Gasteiger partial charge in [0.15, 0.2) is 0 Å². The molecule has 29 heavy (non-hydrogen) atoms. The summed E-state index contributed by atoms with van der Waals surface area (Å²) in [7, 11) is 0. The molecule has 5 rings (SSSR count). The summed E-state index contributed by atoms with van der Waals surface area (Å²) in [6.07, 6.45) is -0.537. The van der Waals surface area contributed by atoms with E-state index in [0.717, 1.165) is 0 Å². The van der Waals surface area contributed by atoms with Gasteiger partial charge in [0, 0.05) is 13.1 Å². The lowest BCUT2D eigenvalue weighted by Crippen LogP contribution is -2.52. The quantitative estimate of drug-likeness (QED) is 0.773. The van der Waals surface area contributed by atoms with E-state index >= 15 is 0 Å². The fourth-order valence-electron chi connectivity index (χ4n) is 3.88. The Morgan fingerprint density at radius 2 is 1.90 bits per heavy atom. The highest BCUT2D eigenvalue weighted by atomic mass is 16.6. The van der Waals surface area contributed by atoms with Gasteiger partial charge >= 0.3 is 12.0 Å². The van der Waals surface area contributed by atoms with Crippen LogP contribution in [0, 0.1) is 0 Å². The molecule has 0 saturated carbocycles. The third-order valence-electron chi connectivity index (χ3n) is 5.36. The van der Waals surface area contributed by atoms with Crippen molar-refractivity contribution in [3.05, 3.63) is 30.3 Å². The van der Waals surface area contributed by atoms with Gasteiger partial charge in [0.05, 0.1) is 32.5 Å². The van der Waals surface area contributed by atoms with Crippen molar-refractivity contribution in [2.24, 2.45) is 0 Å². The minimum Gasteiger partial charge on any atom is -0.423 e. The highest BCUT2D eigenvalue weighted by molar-refractivity contribution is 5.74. The van der Waals surface area contributed by atoms with Gasteiger partial charge in [-0.1, -0.05) is 23.3 Å². The summed E-state index contributed by atoms with van der Waals surface area (Å²) in [5.74, 6) is 0.641. The number of carbonyl (C=O) groups is 1. The highest BCUT2D eigenvalue weighted by Crippen LogP contribution is 2.36. The van der Waals surface area contributed by atoms with E-state index in [1.807, 2.05) is 30.3 Å². The molecule has 2 amide bonds. The van der Waals surface area contributed by atoms with Crippen LogP contribution in [0.1, 0.15) is 6.04 Å². The molecule has 3 saturated heterocycles. The van der Waals surface area contributed by atoms with Crippen molar-refractivity contribution in [2.75, 3.05) is 39.5 Å². The summed E-state index contributed by atoms with van der Waals surface area (Å²) in [5.41, 5.74) is 0. The second-order valence-corrected chi connectivity index (χ2v) is 7.14. The van der Waals surface area contributed by atoms with E-state index in [2.05, 4.69) is 20.8 Å². The van der Waals surface area contributed by atoms with Gasteiger partial charge in [0.2, 0.25) is 0 Å². The predicted octanol–water partition coefficient (Wildman–Crippen LogP) is 0.214. The van der Waals surface area contributed by atoms with Gasteiger partial charge in [-0.05, 0) is 22.6 Å². The molecular weight excluding hydrogens is 380 g/mol. The lowest BCUT2D eigenvalue weighted by Gasteiger charge is -2.29. The fourth-order valence-corrected chi connectivity index (χ4v) is 3.88. The highest BCUT2D eigenvalue weighted by Gasteiger charge is 2.50. The molecule has 0 radical (unpaired) electrons. The van der Waals surface area contributed by atoms with Crippen molar-refractivity contribution in [3.63, 3.8) is 0 Å². The third kappa shape index (κ3) is 3.63. The topological polar surface area (TPSA) is 113 Å². The van der Waals surface area contributed by atoms with Crippen LogP contribution in [0.5, 0.6) is 11.8 Å². The zero-order valence-electron chi connectivity index (χ0n) is 15.7. The minimum absolute atomic E-state index is 0.120. The summed E-state index contributed by atoms with van der Waals surface area (Å²) >= 11 is 0. The van der Waals surface area contributed by atoms with Gasteiger partial charge in [0.25, 0.3) is 0 Å². The number of nitrogens with zero attached hydrogens (tertiary/aromatic N) is 5. The Balaban J connectivity index is 1.25. The van der Waals surface area contributed by atoms with Crippen LogP contribution in [-0.4, -0.2) is 88.9 Å². The molecule has 4 atom stereocenters. The molecule has 1 N–H and O–H groups in total. The van der Waals surface area contributed by atoms with Crippen LogP contribution in [0.3, 0.4) is 0 Å². The monoisotopic (exact) mass is 402 g/mol. The average molecular weight is 402 g/mol. The van der Waals surface area contributed by atoms with E-state index in [1.165, 1.54) is 0 Å². The lowest BCUT2D eigenvalue weighted by atomic mass is 10.1. The Morgan fingerprint density at radius 1 is 1.10 bits per heavy atom. The molecule has 3 fully saturated rings. The number of amides is 2. The number of ether oxygens (including phenoxy) is 4. The number of urea groups is 1. The Bertz CT molecular complexity index is 842. The summed E-state index contributed by atoms with van der Waals surface area (Å²) in [5, 5.41) is 14.8. The number of carbonyl (C=O) groups excluding carboxylic acids is 1. The SMILES string of the molecule is O=C(NC1COC2C1OCC2n1nnnc1Oc1ccccc1)N1CCOCC1. The predicted molar refractivity (Wildman–Crippen MR) is 97.6 cm³/mol. The van der Waals surface area contributed by atoms with Crippen LogP contribution in [0.4, 0.5) is 4.79 Å². The number of benzene rings is 1. The smallest absolute Gasteiger partial charge is 0.341 e. The van der Waals surface area contributed by atoms with Crippen LogP contribution < -0.4 is 10.1 Å². The second-order valence-electron chi connectivity index (χ2n) is 7.14. The molecule has 0 aliphatic carbocycles. The number of nitrogens with one attached hydrogen (secondary N) is 1. The zero-order valence-corrected chi connectivity index (χ0v) is 15.7. The molecule has 3 aliphatic heterocycles. The Hall–Kier alpha value is -2.76. The van der Waals surface area contributed by atoms with Crippen LogP contribution in [-0.2, 0) is 14.2 Å². The fraction of sp³-hybridized carbons (Fsp3) is 0.556. The number of para-hydroxylation sites is 1. The van der Waals surface area contributed by atoms with Crippen molar-refractivity contribution in [1.29, 1.82) is 0 Å². The van der Waals surface area contributed by atoms with E-state index in [4.69, 9.17) is 18.9 Å². The first-order valence-corrected chi connectivity index (χ1v) is 9.67. The number of aromatic nitrogens is 4. The van der Waals surface area contributed by atoms with Crippen LogP contribution in [0.25, 0.3) is 0 Å². The Morgan fingerprint density at radius 3 is 2.72 bits per heavy atom. The molecule has 3 aliphatic rings. The molecule has 1 aromatic heterocycles. The minimum atomic E-state index is -0.272. The lowest BCUT2D eigenvalue weighted by molar-refractivity contribution is 0.0485. The van der Waals surface area contributed by atoms with Crippen molar-refractivity contribution in [3.8, 4) is 11.8 Å². The molecule has 11 heteroatoms. The van der Waals surface area contributed by atoms with Gasteiger partial charge < -0.3 is 29.2 Å². The first-order valence-electron chi connectivity index (χ1n) is 9.67. The molecule has 1 aromatic carbocycles. The molecular formula is C18H22N6O5. The van der Waals surface area contributed by atoms with E-state index < -0.39 is 0 Å². The van der Waals surface area contributed by atoms with Gasteiger partial charge in [-0.3, -0.25) is 0 Å². The van der Waals surface area contributed by atoms with Crippen LogP contribution in [0.2, 0.25) is 0 Å². The molecule has 0 spiro atoms. The maximum atomic E-state index is 12.5. The summed E-state index contributed by atoms with van der Waals surface area (Å²) in [4.78, 5) is 14.2. The van der Waals surface area contributed by atoms with Crippen molar-refractivity contribution < 1.29 is 23.7 Å². The molecule has 0 bridgehead atoms. The number of hydrogen-bond acceptors (Lipinski definition) is 8. The summed E-state index contributed by atoms with van der Waals surface area (Å²) in [6.45, 7) is 3.03. The third-order valence-corrected chi connectivity index (χ3v) is 5.36. The van der Waals surface area contributed by atoms with E-state index in [0.29, 0.717) is 45.3 Å². The summed E-state index contributed by atoms with van der Waals surface area (Å²) < 4.78 is 24.6. The number of rotatable bonds is 4. The molecule has 154 valence electrons.